The lowest BCUT2D eigenvalue weighted by Crippen LogP contribution is -2.44. The Morgan fingerprint density at radius 3 is 2.32 bits per heavy atom. The van der Waals surface area contributed by atoms with Crippen molar-refractivity contribution in [1.82, 2.24) is 9.80 Å². The van der Waals surface area contributed by atoms with Gasteiger partial charge in [0.05, 0.1) is 0 Å². The van der Waals surface area contributed by atoms with Crippen LogP contribution in [0.15, 0.2) is 24.3 Å². The summed E-state index contributed by atoms with van der Waals surface area (Å²) in [5.41, 5.74) is 7.03. The zero-order valence-corrected chi connectivity index (χ0v) is 12.3. The van der Waals surface area contributed by atoms with Crippen LogP contribution in [0.4, 0.5) is 5.69 Å². The van der Waals surface area contributed by atoms with E-state index in [0.29, 0.717) is 17.3 Å². The highest BCUT2D eigenvalue weighted by Gasteiger charge is 2.24. The summed E-state index contributed by atoms with van der Waals surface area (Å²) >= 11 is 0. The van der Waals surface area contributed by atoms with Crippen molar-refractivity contribution < 1.29 is 4.79 Å². The van der Waals surface area contributed by atoms with E-state index in [1.54, 1.807) is 24.3 Å². The van der Waals surface area contributed by atoms with E-state index in [0.717, 1.165) is 25.9 Å². The number of nitrogens with zero attached hydrogens (tertiary/aromatic N) is 2. The number of benzene rings is 1. The van der Waals surface area contributed by atoms with Gasteiger partial charge in [-0.1, -0.05) is 0 Å². The highest BCUT2D eigenvalue weighted by molar-refractivity contribution is 5.94. The normalized spacial score (nSPS) is 16.7. The maximum Gasteiger partial charge on any atom is 0.253 e. The number of carbonyl (C=O) groups is 1. The molecule has 0 aliphatic carbocycles. The molecule has 1 fully saturated rings. The van der Waals surface area contributed by atoms with Gasteiger partial charge in [0, 0.05) is 24.3 Å². The molecule has 1 aliphatic heterocycles. The molecular weight excluding hydrogens is 262 g/mol. The molecule has 5 heteroatoms. The first-order chi connectivity index (χ1) is 8.58. The maximum absolute atomic E-state index is 12.3. The largest absolute Gasteiger partial charge is 0.399 e. The molecule has 1 heterocycles. The topological polar surface area (TPSA) is 49.6 Å². The van der Waals surface area contributed by atoms with Crippen LogP contribution in [-0.4, -0.2) is 48.9 Å². The summed E-state index contributed by atoms with van der Waals surface area (Å²) in [6.07, 6.45) is 2.10. The van der Waals surface area contributed by atoms with Crippen molar-refractivity contribution in [2.24, 2.45) is 0 Å². The van der Waals surface area contributed by atoms with E-state index in [1.165, 1.54) is 0 Å². The van der Waals surface area contributed by atoms with Gasteiger partial charge in [0.1, 0.15) is 0 Å². The average molecular weight is 284 g/mol. The molecule has 1 amide bonds. The van der Waals surface area contributed by atoms with Gasteiger partial charge in [-0.3, -0.25) is 4.79 Å². The number of hydrogen-bond acceptors (Lipinski definition) is 3. The molecule has 2 rings (SSSR count). The third kappa shape index (κ3) is 3.85. The highest BCUT2D eigenvalue weighted by atomic mass is 35.5. The van der Waals surface area contributed by atoms with Crippen molar-refractivity contribution in [3.8, 4) is 0 Å². The Bertz CT molecular complexity index is 413. The number of rotatable bonds is 2. The SMILES string of the molecule is CN1CCC(N(C)C(=O)c2ccc(N)cc2)CC1.Cl. The Hall–Kier alpha value is -1.26. The number of carbonyl (C=O) groups excluding carboxylic acids is 1. The van der Waals surface area contributed by atoms with Gasteiger partial charge in [0.15, 0.2) is 0 Å². The quantitative estimate of drug-likeness (QED) is 0.843. The number of nitrogens with two attached hydrogens (primary N) is 1. The van der Waals surface area contributed by atoms with Gasteiger partial charge < -0.3 is 15.5 Å². The third-order valence-corrected chi connectivity index (χ3v) is 3.71. The molecular formula is C14H22ClN3O. The lowest BCUT2D eigenvalue weighted by atomic mass is 10.0. The Balaban J connectivity index is 0.00000180. The van der Waals surface area contributed by atoms with Crippen LogP contribution in [-0.2, 0) is 0 Å². The summed E-state index contributed by atoms with van der Waals surface area (Å²) < 4.78 is 0. The van der Waals surface area contributed by atoms with Crippen LogP contribution >= 0.6 is 12.4 Å². The monoisotopic (exact) mass is 283 g/mol. The minimum atomic E-state index is 0. The van der Waals surface area contributed by atoms with Crippen LogP contribution in [0.25, 0.3) is 0 Å². The summed E-state index contributed by atoms with van der Waals surface area (Å²) in [6, 6.07) is 7.49. The molecule has 4 nitrogen and oxygen atoms in total. The van der Waals surface area contributed by atoms with Crippen LogP contribution in [0, 0.1) is 0 Å². The Kier molecular flexibility index (Phi) is 5.63. The Morgan fingerprint density at radius 1 is 1.26 bits per heavy atom. The molecule has 1 aliphatic rings. The van der Waals surface area contributed by atoms with E-state index in [2.05, 4.69) is 11.9 Å². The minimum absolute atomic E-state index is 0. The predicted octanol–water partition coefficient (Wildman–Crippen LogP) is 1.86. The van der Waals surface area contributed by atoms with E-state index < -0.39 is 0 Å². The average Bonchev–Trinajstić information content (AvgIpc) is 2.39. The molecule has 0 saturated carbocycles. The highest BCUT2D eigenvalue weighted by Crippen LogP contribution is 2.17. The molecule has 0 spiro atoms. The van der Waals surface area contributed by atoms with Crippen molar-refractivity contribution in [2.45, 2.75) is 18.9 Å². The van der Waals surface area contributed by atoms with Crippen molar-refractivity contribution >= 4 is 24.0 Å². The van der Waals surface area contributed by atoms with E-state index in [1.807, 2.05) is 11.9 Å². The fourth-order valence-corrected chi connectivity index (χ4v) is 2.38. The molecule has 0 radical (unpaired) electrons. The number of nitrogen functional groups attached to an aromatic ring is 1. The molecule has 0 aromatic heterocycles. The maximum atomic E-state index is 12.3. The number of piperidine rings is 1. The zero-order valence-electron chi connectivity index (χ0n) is 11.5. The fourth-order valence-electron chi connectivity index (χ4n) is 2.38. The van der Waals surface area contributed by atoms with Gasteiger partial charge in [0.2, 0.25) is 0 Å². The van der Waals surface area contributed by atoms with Crippen LogP contribution < -0.4 is 5.73 Å². The molecule has 1 saturated heterocycles. The number of likely N-dealkylation sites (tertiary alicyclic amines) is 1. The first-order valence-corrected chi connectivity index (χ1v) is 6.39. The van der Waals surface area contributed by atoms with E-state index in [4.69, 9.17) is 5.73 Å². The van der Waals surface area contributed by atoms with Gasteiger partial charge in [-0.05, 0) is 57.2 Å². The Labute approximate surface area is 121 Å². The first kappa shape index (κ1) is 15.8. The van der Waals surface area contributed by atoms with Crippen LogP contribution in [0.2, 0.25) is 0 Å². The lowest BCUT2D eigenvalue weighted by Gasteiger charge is -2.35. The predicted molar refractivity (Wildman–Crippen MR) is 80.7 cm³/mol. The van der Waals surface area contributed by atoms with E-state index in [9.17, 15) is 4.79 Å². The summed E-state index contributed by atoms with van der Waals surface area (Å²) in [4.78, 5) is 16.5. The molecule has 1 aromatic carbocycles. The second kappa shape index (κ2) is 6.78. The fraction of sp³-hybridized carbons (Fsp3) is 0.500. The van der Waals surface area contributed by atoms with Crippen molar-refractivity contribution in [2.75, 3.05) is 32.9 Å². The van der Waals surface area contributed by atoms with Gasteiger partial charge in [-0.25, -0.2) is 0 Å². The van der Waals surface area contributed by atoms with Gasteiger partial charge in [0.25, 0.3) is 5.91 Å². The standard InChI is InChI=1S/C14H21N3O.ClH/c1-16-9-7-13(8-10-16)17(2)14(18)11-3-5-12(15)6-4-11;/h3-6,13H,7-10,15H2,1-2H3;1H. The van der Waals surface area contributed by atoms with Crippen LogP contribution in [0.5, 0.6) is 0 Å². The number of amides is 1. The summed E-state index contributed by atoms with van der Waals surface area (Å²) in [5.74, 6) is 0.0875. The molecule has 19 heavy (non-hydrogen) atoms. The number of anilines is 1. The van der Waals surface area contributed by atoms with Crippen molar-refractivity contribution in [3.63, 3.8) is 0 Å². The molecule has 0 bridgehead atoms. The van der Waals surface area contributed by atoms with Crippen molar-refractivity contribution in [3.05, 3.63) is 29.8 Å². The van der Waals surface area contributed by atoms with Gasteiger partial charge >= 0.3 is 0 Å². The molecule has 0 unspecified atom stereocenters. The molecule has 106 valence electrons. The van der Waals surface area contributed by atoms with Crippen LogP contribution in [0.1, 0.15) is 23.2 Å². The summed E-state index contributed by atoms with van der Waals surface area (Å²) in [5, 5.41) is 0. The second-order valence-electron chi connectivity index (χ2n) is 5.07. The van der Waals surface area contributed by atoms with Gasteiger partial charge in [-0.2, -0.15) is 0 Å². The summed E-state index contributed by atoms with van der Waals surface area (Å²) in [7, 11) is 4.02. The smallest absolute Gasteiger partial charge is 0.253 e. The number of halogens is 1. The van der Waals surface area contributed by atoms with Gasteiger partial charge in [-0.15, -0.1) is 12.4 Å². The second-order valence-corrected chi connectivity index (χ2v) is 5.07. The molecule has 0 atom stereocenters. The first-order valence-electron chi connectivity index (χ1n) is 6.39. The number of hydrogen-bond donors (Lipinski definition) is 1. The Morgan fingerprint density at radius 2 is 1.79 bits per heavy atom. The third-order valence-electron chi connectivity index (χ3n) is 3.71. The van der Waals surface area contributed by atoms with E-state index >= 15 is 0 Å². The van der Waals surface area contributed by atoms with Crippen molar-refractivity contribution in [1.29, 1.82) is 0 Å². The van der Waals surface area contributed by atoms with Crippen LogP contribution in [0.3, 0.4) is 0 Å². The molecule has 1 aromatic rings. The zero-order chi connectivity index (χ0) is 13.1. The lowest BCUT2D eigenvalue weighted by molar-refractivity contribution is 0.0659. The van der Waals surface area contributed by atoms with E-state index in [-0.39, 0.29) is 18.3 Å². The summed E-state index contributed by atoms with van der Waals surface area (Å²) in [6.45, 7) is 2.12. The molecule has 2 N–H and O–H groups in total. The minimum Gasteiger partial charge on any atom is -0.399 e.